The van der Waals surface area contributed by atoms with E-state index in [4.69, 9.17) is 9.52 Å². The molecule has 1 aromatic carbocycles. The summed E-state index contributed by atoms with van der Waals surface area (Å²) in [7, 11) is 0. The number of carbonyl (C=O) groups is 2. The molecule has 0 aliphatic carbocycles. The van der Waals surface area contributed by atoms with Crippen LogP contribution in [0.3, 0.4) is 0 Å². The van der Waals surface area contributed by atoms with Gasteiger partial charge in [0.25, 0.3) is 5.91 Å². The molecule has 8 heteroatoms. The van der Waals surface area contributed by atoms with Crippen molar-refractivity contribution < 1.29 is 27.9 Å². The molecule has 24 heavy (non-hydrogen) atoms. The SMILES string of the molecule is CSc1ccc(C(=O)N(CCC(=O)O)Cc2ccc(F)c(F)c2)o1. The molecule has 0 unspecified atom stereocenters. The molecule has 0 fully saturated rings. The van der Waals surface area contributed by atoms with Gasteiger partial charge in [0, 0.05) is 13.1 Å². The zero-order chi connectivity index (χ0) is 17.7. The molecule has 0 bridgehead atoms. The Kier molecular flexibility index (Phi) is 5.97. The van der Waals surface area contributed by atoms with E-state index in [0.29, 0.717) is 10.7 Å². The number of amides is 1. The molecular weight excluding hydrogens is 340 g/mol. The Morgan fingerprint density at radius 1 is 1.21 bits per heavy atom. The second-order valence-electron chi connectivity index (χ2n) is 4.94. The van der Waals surface area contributed by atoms with E-state index in [-0.39, 0.29) is 25.3 Å². The highest BCUT2D eigenvalue weighted by atomic mass is 32.2. The fourth-order valence-corrected chi connectivity index (χ4v) is 2.42. The minimum atomic E-state index is -1.07. The number of furan rings is 1. The van der Waals surface area contributed by atoms with Crippen LogP contribution in [0.2, 0.25) is 0 Å². The lowest BCUT2D eigenvalue weighted by Gasteiger charge is -2.21. The fraction of sp³-hybridized carbons (Fsp3) is 0.250. The van der Waals surface area contributed by atoms with Gasteiger partial charge in [-0.3, -0.25) is 9.59 Å². The zero-order valence-corrected chi connectivity index (χ0v) is 13.6. The first-order valence-corrected chi connectivity index (χ1v) is 8.22. The Bertz CT molecular complexity index is 747. The van der Waals surface area contributed by atoms with Crippen LogP contribution in [0.25, 0.3) is 0 Å². The van der Waals surface area contributed by atoms with Crippen molar-refractivity contribution in [3.63, 3.8) is 0 Å². The third-order valence-electron chi connectivity index (χ3n) is 3.23. The molecule has 0 aliphatic heterocycles. The second kappa shape index (κ2) is 7.96. The third kappa shape index (κ3) is 4.58. The number of carboxylic acid groups (broad SMARTS) is 1. The van der Waals surface area contributed by atoms with Crippen LogP contribution in [0.15, 0.2) is 39.8 Å². The van der Waals surface area contributed by atoms with Crippen molar-refractivity contribution in [1.82, 2.24) is 4.90 Å². The minimum Gasteiger partial charge on any atom is -0.481 e. The number of nitrogens with zero attached hydrogens (tertiary/aromatic N) is 1. The lowest BCUT2D eigenvalue weighted by Crippen LogP contribution is -2.32. The maximum absolute atomic E-state index is 13.3. The Labute approximate surface area is 141 Å². The van der Waals surface area contributed by atoms with Crippen molar-refractivity contribution in [3.05, 3.63) is 53.3 Å². The van der Waals surface area contributed by atoms with E-state index >= 15 is 0 Å². The number of carboxylic acids is 1. The monoisotopic (exact) mass is 355 g/mol. The van der Waals surface area contributed by atoms with Crippen LogP contribution in [0.4, 0.5) is 8.78 Å². The molecule has 0 aliphatic rings. The van der Waals surface area contributed by atoms with Crippen molar-refractivity contribution in [3.8, 4) is 0 Å². The Hall–Kier alpha value is -2.35. The Balaban J connectivity index is 2.20. The predicted molar refractivity (Wildman–Crippen MR) is 83.8 cm³/mol. The molecule has 2 aromatic rings. The number of hydrogen-bond acceptors (Lipinski definition) is 4. The quantitative estimate of drug-likeness (QED) is 0.771. The molecule has 128 valence electrons. The summed E-state index contributed by atoms with van der Waals surface area (Å²) in [4.78, 5) is 24.5. The molecular formula is C16H15F2NO4S. The molecule has 1 aromatic heterocycles. The summed E-state index contributed by atoms with van der Waals surface area (Å²) < 4.78 is 31.7. The van der Waals surface area contributed by atoms with Crippen LogP contribution >= 0.6 is 11.8 Å². The first-order valence-electron chi connectivity index (χ1n) is 6.99. The van der Waals surface area contributed by atoms with Crippen molar-refractivity contribution >= 4 is 23.6 Å². The number of thioether (sulfide) groups is 1. The summed E-state index contributed by atoms with van der Waals surface area (Å²) in [5.74, 6) is -3.53. The van der Waals surface area contributed by atoms with E-state index in [1.165, 1.54) is 28.8 Å². The van der Waals surface area contributed by atoms with Gasteiger partial charge in [-0.2, -0.15) is 0 Å². The Morgan fingerprint density at radius 2 is 1.96 bits per heavy atom. The number of aliphatic carboxylic acids is 1. The van der Waals surface area contributed by atoms with Crippen molar-refractivity contribution in [2.75, 3.05) is 12.8 Å². The maximum Gasteiger partial charge on any atom is 0.305 e. The summed E-state index contributed by atoms with van der Waals surface area (Å²) >= 11 is 1.32. The zero-order valence-electron chi connectivity index (χ0n) is 12.8. The van der Waals surface area contributed by atoms with Gasteiger partial charge in [-0.25, -0.2) is 8.78 Å². The smallest absolute Gasteiger partial charge is 0.305 e. The number of halogens is 2. The topological polar surface area (TPSA) is 70.8 Å². The fourth-order valence-electron chi connectivity index (χ4n) is 2.04. The molecule has 0 radical (unpaired) electrons. The summed E-state index contributed by atoms with van der Waals surface area (Å²) in [5, 5.41) is 9.37. The molecule has 1 N–H and O–H groups in total. The number of rotatable bonds is 7. The second-order valence-corrected chi connectivity index (χ2v) is 5.75. The van der Waals surface area contributed by atoms with E-state index in [1.54, 1.807) is 12.3 Å². The Morgan fingerprint density at radius 3 is 2.54 bits per heavy atom. The van der Waals surface area contributed by atoms with E-state index in [2.05, 4.69) is 0 Å². The largest absolute Gasteiger partial charge is 0.481 e. The first kappa shape index (κ1) is 18.0. The molecule has 5 nitrogen and oxygen atoms in total. The van der Waals surface area contributed by atoms with Crippen molar-refractivity contribution in [1.29, 1.82) is 0 Å². The van der Waals surface area contributed by atoms with Crippen LogP contribution < -0.4 is 0 Å². The molecule has 0 saturated heterocycles. The van der Waals surface area contributed by atoms with Gasteiger partial charge in [0.05, 0.1) is 6.42 Å². The minimum absolute atomic E-state index is 0.0569. The molecule has 0 atom stereocenters. The molecule has 0 saturated carbocycles. The molecule has 1 heterocycles. The van der Waals surface area contributed by atoms with Crippen LogP contribution in [0.5, 0.6) is 0 Å². The van der Waals surface area contributed by atoms with Gasteiger partial charge in [-0.1, -0.05) is 17.8 Å². The maximum atomic E-state index is 13.3. The van der Waals surface area contributed by atoms with Crippen LogP contribution in [-0.2, 0) is 11.3 Å². The van der Waals surface area contributed by atoms with E-state index in [1.807, 2.05) is 0 Å². The van der Waals surface area contributed by atoms with E-state index < -0.39 is 23.5 Å². The van der Waals surface area contributed by atoms with Gasteiger partial charge < -0.3 is 14.4 Å². The van der Waals surface area contributed by atoms with Crippen LogP contribution in [0, 0.1) is 11.6 Å². The molecule has 1 amide bonds. The van der Waals surface area contributed by atoms with Crippen molar-refractivity contribution in [2.45, 2.75) is 18.1 Å². The van der Waals surface area contributed by atoms with E-state index in [9.17, 15) is 18.4 Å². The summed E-state index contributed by atoms with van der Waals surface area (Å²) in [5.41, 5.74) is 0.351. The van der Waals surface area contributed by atoms with Gasteiger partial charge in [0.15, 0.2) is 22.5 Å². The molecule has 0 spiro atoms. The average molecular weight is 355 g/mol. The number of benzene rings is 1. The van der Waals surface area contributed by atoms with Crippen molar-refractivity contribution in [2.24, 2.45) is 0 Å². The third-order valence-corrected chi connectivity index (χ3v) is 3.86. The van der Waals surface area contributed by atoms with Gasteiger partial charge in [-0.05, 0) is 36.1 Å². The van der Waals surface area contributed by atoms with Gasteiger partial charge in [0.1, 0.15) is 0 Å². The highest BCUT2D eigenvalue weighted by Gasteiger charge is 2.21. The van der Waals surface area contributed by atoms with E-state index in [0.717, 1.165) is 12.1 Å². The average Bonchev–Trinajstić information content (AvgIpc) is 3.03. The highest BCUT2D eigenvalue weighted by molar-refractivity contribution is 7.98. The summed E-state index contributed by atoms with van der Waals surface area (Å²) in [6.07, 6.45) is 1.52. The van der Waals surface area contributed by atoms with Gasteiger partial charge in [-0.15, -0.1) is 0 Å². The number of carbonyl (C=O) groups excluding carboxylic acids is 1. The predicted octanol–water partition coefficient (Wildman–Crippen LogP) is 3.40. The lowest BCUT2D eigenvalue weighted by atomic mass is 10.2. The van der Waals surface area contributed by atoms with Crippen LogP contribution in [-0.4, -0.2) is 34.7 Å². The van der Waals surface area contributed by atoms with Gasteiger partial charge >= 0.3 is 5.97 Å². The summed E-state index contributed by atoms with van der Waals surface area (Å²) in [6.45, 7) is -0.138. The number of hydrogen-bond donors (Lipinski definition) is 1. The van der Waals surface area contributed by atoms with Gasteiger partial charge in [0.2, 0.25) is 0 Å². The van der Waals surface area contributed by atoms with Crippen LogP contribution in [0.1, 0.15) is 22.5 Å². The highest BCUT2D eigenvalue weighted by Crippen LogP contribution is 2.20. The first-order chi connectivity index (χ1) is 11.4. The lowest BCUT2D eigenvalue weighted by molar-refractivity contribution is -0.137. The summed E-state index contributed by atoms with van der Waals surface area (Å²) in [6, 6.07) is 6.40. The normalized spacial score (nSPS) is 10.6. The molecule has 2 rings (SSSR count). The standard InChI is InChI=1S/C16H15F2NO4S/c1-24-15-5-4-13(23-15)16(22)19(7-6-14(20)21)9-10-2-3-11(17)12(18)8-10/h2-5,8H,6-7,9H2,1H3,(H,20,21).